The molecule has 402 valence electrons. The molecule has 2 aliphatic rings. The van der Waals surface area contributed by atoms with Gasteiger partial charge in [0.2, 0.25) is 12.6 Å². The lowest BCUT2D eigenvalue weighted by atomic mass is 9.87. The van der Waals surface area contributed by atoms with Crippen LogP contribution >= 0.6 is 0 Å². The summed E-state index contributed by atoms with van der Waals surface area (Å²) in [6, 6.07) is 21.3. The Balaban J connectivity index is 0.00000820. The summed E-state index contributed by atoms with van der Waals surface area (Å²) in [6.45, 7) is 9.22. The molecular weight excluding hydrogens is 1090 g/mol. The number of halogens is 3. The second-order valence-electron chi connectivity index (χ2n) is 18.8. The van der Waals surface area contributed by atoms with Gasteiger partial charge in [0.25, 0.3) is 6.33 Å². The topological polar surface area (TPSA) is 227 Å². The molecule has 0 bridgehead atoms. The molecule has 6 atom stereocenters. The maximum atomic E-state index is 15.6. The summed E-state index contributed by atoms with van der Waals surface area (Å²) < 4.78 is 59.7. The Labute approximate surface area is 450 Å². The lowest BCUT2D eigenvalue weighted by Gasteiger charge is -2.37. The first-order valence-electron chi connectivity index (χ1n) is 24.9. The lowest BCUT2D eigenvalue weighted by Crippen LogP contribution is -3.00. The van der Waals surface area contributed by atoms with Crippen molar-refractivity contribution in [1.29, 1.82) is 0 Å². The quantitative estimate of drug-likeness (QED) is 0.0531. The van der Waals surface area contributed by atoms with Crippen molar-refractivity contribution in [2.75, 3.05) is 67.7 Å². The number of aliphatic hydroxyl groups excluding tert-OH is 1. The fourth-order valence-corrected chi connectivity index (χ4v) is 9.46. The number of ether oxygens (including phenoxy) is 4. The summed E-state index contributed by atoms with van der Waals surface area (Å²) in [5, 5.41) is 18.9. The Morgan fingerprint density at radius 2 is 1.67 bits per heavy atom. The molecule has 0 aliphatic carbocycles. The molecule has 1 amide bonds. The third-order valence-corrected chi connectivity index (χ3v) is 13.6. The predicted molar refractivity (Wildman–Crippen MR) is 270 cm³/mol. The number of amides is 1. The second kappa shape index (κ2) is 25.3. The summed E-state index contributed by atoms with van der Waals surface area (Å²) >= 11 is 0. The molecule has 2 aliphatic heterocycles. The molecule has 0 saturated carbocycles. The monoisotopic (exact) mass is 1150 g/mol. The molecule has 0 spiro atoms. The zero-order valence-corrected chi connectivity index (χ0v) is 44.6. The van der Waals surface area contributed by atoms with E-state index in [-0.39, 0.29) is 73.3 Å². The van der Waals surface area contributed by atoms with E-state index in [0.717, 1.165) is 43.6 Å². The number of nitrogens with zero attached hydrogens (tertiary/aromatic N) is 10. The highest BCUT2D eigenvalue weighted by Gasteiger charge is 2.46. The molecule has 3 aromatic carbocycles. The largest absolute Gasteiger partial charge is 1.00 e. The molecule has 2 fully saturated rings. The van der Waals surface area contributed by atoms with Crippen molar-refractivity contribution < 1.29 is 71.0 Å². The van der Waals surface area contributed by atoms with Gasteiger partial charge in [-0.1, -0.05) is 19.1 Å². The molecule has 5 N–H and O–H groups in total. The van der Waals surface area contributed by atoms with Crippen molar-refractivity contribution in [1.82, 2.24) is 29.1 Å². The van der Waals surface area contributed by atoms with Crippen molar-refractivity contribution >= 4 is 29.3 Å². The highest BCUT2D eigenvalue weighted by molar-refractivity contribution is 5.86. The van der Waals surface area contributed by atoms with Gasteiger partial charge in [-0.3, -0.25) is 9.69 Å². The van der Waals surface area contributed by atoms with E-state index < -0.39 is 53.7 Å². The van der Waals surface area contributed by atoms with E-state index in [9.17, 15) is 23.9 Å². The van der Waals surface area contributed by atoms with Gasteiger partial charge >= 0.3 is 17.8 Å². The van der Waals surface area contributed by atoms with E-state index in [1.165, 1.54) is 52.2 Å². The number of piperazine rings is 1. The minimum atomic E-state index is -1.24. The Bertz CT molecular complexity index is 2900. The molecule has 8 rings (SSSR count). The van der Waals surface area contributed by atoms with E-state index in [4.69, 9.17) is 30.4 Å². The number of hydrogen-bond donors (Lipinski definition) is 3. The minimum absolute atomic E-state index is 0. The van der Waals surface area contributed by atoms with Crippen LogP contribution in [0.15, 0.2) is 109 Å². The van der Waals surface area contributed by atoms with Crippen LogP contribution in [0.2, 0.25) is 0 Å². The number of benzene rings is 3. The molecule has 0 radical (unpaired) electrons. The minimum Gasteiger partial charge on any atom is -1.00 e. The van der Waals surface area contributed by atoms with Crippen LogP contribution < -0.4 is 65.1 Å². The van der Waals surface area contributed by atoms with Gasteiger partial charge in [0, 0.05) is 85.9 Å². The average molecular weight is 1150 g/mol. The number of hydrogen-bond acceptors (Lipinski definition) is 15. The van der Waals surface area contributed by atoms with Crippen LogP contribution in [0.1, 0.15) is 69.9 Å². The maximum absolute atomic E-state index is 15.6. The van der Waals surface area contributed by atoms with E-state index >= 15 is 4.39 Å². The molecule has 2 saturated heterocycles. The normalized spacial score (nSPS) is 18.2. The predicted octanol–water partition coefficient (Wildman–Crippen LogP) is 1.77. The zero-order valence-electron chi connectivity index (χ0n) is 42.5. The molecule has 5 heterocycles. The first-order chi connectivity index (χ1) is 35.7. The number of aromatic nitrogens is 7. The number of aliphatic hydroxyl groups is 1. The Morgan fingerprint density at radius 3 is 2.32 bits per heavy atom. The van der Waals surface area contributed by atoms with Gasteiger partial charge in [-0.15, -0.1) is 4.68 Å². The van der Waals surface area contributed by atoms with Crippen LogP contribution in [0, 0.1) is 17.6 Å². The third-order valence-electron chi connectivity index (χ3n) is 13.6. The number of pyridine rings is 1. The van der Waals surface area contributed by atoms with Gasteiger partial charge in [0.05, 0.1) is 31.0 Å². The van der Waals surface area contributed by atoms with Gasteiger partial charge in [-0.05, 0) is 99.8 Å². The molecule has 1 unspecified atom stereocenters. The smallest absolute Gasteiger partial charge is 0.418 e. The van der Waals surface area contributed by atoms with E-state index in [1.54, 1.807) is 41.6 Å². The van der Waals surface area contributed by atoms with Crippen LogP contribution in [0.4, 0.5) is 30.8 Å². The van der Waals surface area contributed by atoms with Gasteiger partial charge in [-0.25, -0.2) is 32.6 Å². The fraction of sp³-hybridized carbons (Fsp3) is 0.442. The van der Waals surface area contributed by atoms with Crippen LogP contribution in [0.25, 0.3) is 5.69 Å². The van der Waals surface area contributed by atoms with Crippen molar-refractivity contribution in [2.24, 2.45) is 17.4 Å². The second-order valence-corrected chi connectivity index (χ2v) is 18.8. The van der Waals surface area contributed by atoms with Crippen molar-refractivity contribution in [2.45, 2.75) is 89.6 Å². The van der Waals surface area contributed by atoms with E-state index in [2.05, 4.69) is 25.0 Å². The zero-order chi connectivity index (χ0) is 52.5. The van der Waals surface area contributed by atoms with Gasteiger partial charge in [0.1, 0.15) is 54.3 Å². The summed E-state index contributed by atoms with van der Waals surface area (Å²) in [7, 11) is 1.48. The Hall–Kier alpha value is -6.54. The molecule has 20 nitrogen and oxygen atoms in total. The summed E-state index contributed by atoms with van der Waals surface area (Å²) in [5.41, 5.74) is 13.4. The van der Waals surface area contributed by atoms with Crippen molar-refractivity contribution in [3.63, 3.8) is 0 Å². The third kappa shape index (κ3) is 13.3. The van der Waals surface area contributed by atoms with Gasteiger partial charge in [-0.2, -0.15) is 9.67 Å². The van der Waals surface area contributed by atoms with Crippen LogP contribution in [0.3, 0.4) is 0 Å². The number of carbonyl (C=O) groups is 2. The van der Waals surface area contributed by atoms with E-state index in [1.807, 2.05) is 55.5 Å². The number of carbonyl (C=O) groups excluding carboxylic acids is 2. The fourth-order valence-electron chi connectivity index (χ4n) is 9.46. The highest BCUT2D eigenvalue weighted by atomic mass is 127. The average Bonchev–Trinajstić information content (AvgIpc) is 4.16. The summed E-state index contributed by atoms with van der Waals surface area (Å²) in [5.74, 6) is -1.32. The van der Waals surface area contributed by atoms with Crippen LogP contribution in [0.5, 0.6) is 5.75 Å². The SMILES string of the molecule is CC[C@@H]([C@H](C)O)n1ncn(-c2ccc(N3CCN(c4ccc(OC[C@@H]5CO[C@@](Cn6c[n+](C(C)OC(=O)N(C)c7ncccc7COC(=O)[C@@H](N)CCCN)cn6)(c6ccc(F)cc6F)C5)cc4)CC3)cc2)c1=O.[I-]. The molecular formula is C52H65F2IN12O8. The van der Waals surface area contributed by atoms with E-state index in [0.29, 0.717) is 49.2 Å². The van der Waals surface area contributed by atoms with Crippen LogP contribution in [-0.4, -0.2) is 111 Å². The highest BCUT2D eigenvalue weighted by Crippen LogP contribution is 2.42. The first kappa shape index (κ1) is 56.2. The summed E-state index contributed by atoms with van der Waals surface area (Å²) in [6.07, 6.45) is 5.65. The molecule has 3 aromatic heterocycles. The van der Waals surface area contributed by atoms with Crippen molar-refractivity contribution in [3.8, 4) is 11.4 Å². The molecule has 23 heteroatoms. The Kier molecular flexibility index (Phi) is 19.0. The van der Waals surface area contributed by atoms with Gasteiger partial charge < -0.3 is 69.3 Å². The standard InChI is InChI=1S/C52H65F2N12O8.HI/c1-5-47(35(2)67)66-50(69)65(33-59-66)42-13-11-40(12-14-42)61-22-24-62(25-23-61)41-15-17-43(18-16-41)71-28-37-27-52(73-29-37,44-19-10-39(53)26-45(44)54)31-64-34-63(32-58-64)36(3)74-51(70)60(4)48-38(8-7-21-57-48)30-72-49(68)46(56)9-6-20-55;/h7-8,10-19,21,26,32-37,46-47,67H,5-6,9,20,22-25,27-31,55-56H2,1-4H3;1H/q+1;/p-1/t35-,36?,37+,46-,47-,52-;/m0./s1. The molecule has 75 heavy (non-hydrogen) atoms. The number of anilines is 3. The number of rotatable bonds is 21. The number of esters is 1. The summed E-state index contributed by atoms with van der Waals surface area (Å²) in [4.78, 5) is 49.1. The first-order valence-corrected chi connectivity index (χ1v) is 24.9. The van der Waals surface area contributed by atoms with Crippen molar-refractivity contribution in [3.05, 3.63) is 137 Å². The Morgan fingerprint density at radius 1 is 0.987 bits per heavy atom. The van der Waals surface area contributed by atoms with Crippen LogP contribution in [-0.2, 0) is 37.8 Å². The maximum Gasteiger partial charge on any atom is 0.418 e. The lowest BCUT2D eigenvalue weighted by molar-refractivity contribution is -0.753. The van der Waals surface area contributed by atoms with Gasteiger partial charge in [0.15, 0.2) is 0 Å². The molecule has 6 aromatic rings. The number of nitrogens with two attached hydrogens (primary N) is 2.